The second-order valence-electron chi connectivity index (χ2n) is 4.08. The highest BCUT2D eigenvalue weighted by Crippen LogP contribution is 2.17. The Morgan fingerprint density at radius 2 is 1.71 bits per heavy atom. The van der Waals surface area contributed by atoms with Crippen LogP contribution >= 0.6 is 11.3 Å². The fourth-order valence-corrected chi connectivity index (χ4v) is 2.59. The minimum Gasteiger partial charge on any atom is -0.222 e. The van der Waals surface area contributed by atoms with Crippen molar-refractivity contribution in [3.63, 3.8) is 0 Å². The van der Waals surface area contributed by atoms with Crippen molar-refractivity contribution < 1.29 is 33.3 Å². The Morgan fingerprint density at radius 3 is 2.33 bits per heavy atom. The molecule has 3 aromatic rings. The fraction of sp³-hybridized carbons (Fsp3) is 0.0769. The zero-order chi connectivity index (χ0) is 15.5. The Balaban J connectivity index is 0.000000282. The summed E-state index contributed by atoms with van der Waals surface area (Å²) in [6.07, 6.45) is 2.06. The molecule has 0 aliphatic rings. The SMILES string of the molecule is Cc1cc(-c2ccccc2)[n+]2ccsc2n1.[O-][Cl+3]([O-])([O-])[O-]. The largest absolute Gasteiger partial charge is 0.387 e. The zero-order valence-corrected chi connectivity index (χ0v) is 12.5. The fourth-order valence-electron chi connectivity index (χ4n) is 1.82. The standard InChI is InChI=1S/C13H11N2S.ClHO4/c1-10-9-12(11-5-3-2-4-6-11)15-7-8-16-13(15)14-10;2-1(3,4)5/h2-9H,1H3;(H,2,3,4,5)/q+1;/p-1. The normalized spacial score (nSPS) is 11.1. The summed E-state index contributed by atoms with van der Waals surface area (Å²) in [6.45, 7) is 2.03. The van der Waals surface area contributed by atoms with Gasteiger partial charge in [0.1, 0.15) is 11.9 Å². The third-order valence-corrected chi connectivity index (χ3v) is 3.29. The molecule has 0 spiro atoms. The van der Waals surface area contributed by atoms with Crippen molar-refractivity contribution in [2.45, 2.75) is 6.92 Å². The molecule has 0 unspecified atom stereocenters. The number of benzene rings is 1. The van der Waals surface area contributed by atoms with Crippen molar-refractivity contribution >= 4 is 16.3 Å². The number of aromatic nitrogens is 2. The number of fused-ring (bicyclic) bond motifs is 1. The number of hydrogen-bond acceptors (Lipinski definition) is 6. The number of hydrogen-bond donors (Lipinski definition) is 0. The minimum atomic E-state index is -4.94. The number of aryl methyl sites for hydroxylation is 1. The third-order valence-electron chi connectivity index (χ3n) is 2.54. The molecule has 0 saturated heterocycles. The minimum absolute atomic E-state index is 1.04. The molecule has 110 valence electrons. The number of nitrogens with zero attached hydrogens (tertiary/aromatic N) is 2. The van der Waals surface area contributed by atoms with Crippen LogP contribution in [0.5, 0.6) is 0 Å². The summed E-state index contributed by atoms with van der Waals surface area (Å²) in [6, 6.07) is 12.5. The van der Waals surface area contributed by atoms with Gasteiger partial charge in [-0.1, -0.05) is 41.7 Å². The Kier molecular flexibility index (Phi) is 4.84. The van der Waals surface area contributed by atoms with Gasteiger partial charge in [0.25, 0.3) is 0 Å². The molecule has 0 radical (unpaired) electrons. The smallest absolute Gasteiger partial charge is 0.222 e. The molecule has 0 saturated carbocycles. The van der Waals surface area contributed by atoms with E-state index < -0.39 is 10.2 Å². The van der Waals surface area contributed by atoms with Crippen LogP contribution in [0.1, 0.15) is 5.69 Å². The first-order valence-electron chi connectivity index (χ1n) is 5.78. The molecule has 0 atom stereocenters. The first-order chi connectivity index (χ1) is 9.84. The second kappa shape index (κ2) is 6.44. The third kappa shape index (κ3) is 4.71. The van der Waals surface area contributed by atoms with Gasteiger partial charge in [-0.15, -0.1) is 10.2 Å². The summed E-state index contributed by atoms with van der Waals surface area (Å²) in [4.78, 5) is 5.54. The average Bonchev–Trinajstić information content (AvgIpc) is 2.85. The van der Waals surface area contributed by atoms with Crippen LogP contribution in [0, 0.1) is 17.2 Å². The molecule has 2 aromatic heterocycles. The molecule has 2 heterocycles. The van der Waals surface area contributed by atoms with Crippen LogP contribution in [0.2, 0.25) is 0 Å². The molecule has 21 heavy (non-hydrogen) atoms. The molecule has 0 fully saturated rings. The second-order valence-corrected chi connectivity index (χ2v) is 5.71. The van der Waals surface area contributed by atoms with Gasteiger partial charge < -0.3 is 0 Å². The van der Waals surface area contributed by atoms with Crippen molar-refractivity contribution in [2.75, 3.05) is 0 Å². The molecular weight excluding hydrogens is 316 g/mol. The van der Waals surface area contributed by atoms with Crippen molar-refractivity contribution in [1.82, 2.24) is 4.98 Å². The molecule has 8 heteroatoms. The lowest BCUT2D eigenvalue weighted by atomic mass is 10.1. The van der Waals surface area contributed by atoms with E-state index in [2.05, 4.69) is 51.3 Å². The van der Waals surface area contributed by atoms with Gasteiger partial charge in [0.2, 0.25) is 0 Å². The molecular formula is C13H11ClN2O4S. The van der Waals surface area contributed by atoms with Crippen LogP contribution in [-0.2, 0) is 0 Å². The number of halogens is 1. The maximum absolute atomic E-state index is 8.49. The predicted molar refractivity (Wildman–Crippen MR) is 65.4 cm³/mol. The van der Waals surface area contributed by atoms with Crippen LogP contribution in [0.25, 0.3) is 16.2 Å². The topological polar surface area (TPSA) is 109 Å². The van der Waals surface area contributed by atoms with Crippen LogP contribution in [0.4, 0.5) is 0 Å². The number of rotatable bonds is 1. The van der Waals surface area contributed by atoms with Crippen molar-refractivity contribution in [3.8, 4) is 11.3 Å². The summed E-state index contributed by atoms with van der Waals surface area (Å²) < 4.78 is 36.1. The highest BCUT2D eigenvalue weighted by molar-refractivity contribution is 7.14. The van der Waals surface area contributed by atoms with E-state index in [9.17, 15) is 0 Å². The maximum atomic E-state index is 8.49. The van der Waals surface area contributed by atoms with Crippen molar-refractivity contribution in [2.24, 2.45) is 0 Å². The summed E-state index contributed by atoms with van der Waals surface area (Å²) in [7, 11) is -4.94. The molecule has 3 rings (SSSR count). The lowest BCUT2D eigenvalue weighted by Gasteiger charge is -2.17. The van der Waals surface area contributed by atoms with Gasteiger partial charge in [0.15, 0.2) is 5.69 Å². The van der Waals surface area contributed by atoms with Gasteiger partial charge in [0.05, 0.1) is 0 Å². The molecule has 0 N–H and O–H groups in total. The summed E-state index contributed by atoms with van der Waals surface area (Å²) in [5.74, 6) is 0. The Labute approximate surface area is 126 Å². The first kappa shape index (κ1) is 15.8. The van der Waals surface area contributed by atoms with Crippen molar-refractivity contribution in [3.05, 3.63) is 53.7 Å². The van der Waals surface area contributed by atoms with E-state index in [0.29, 0.717) is 0 Å². The van der Waals surface area contributed by atoms with E-state index in [1.54, 1.807) is 11.3 Å². The van der Waals surface area contributed by atoms with Gasteiger partial charge in [0, 0.05) is 23.9 Å². The first-order valence-corrected chi connectivity index (χ1v) is 7.90. The quantitative estimate of drug-likeness (QED) is 0.485. The van der Waals surface area contributed by atoms with Crippen LogP contribution < -0.4 is 23.0 Å². The summed E-state index contributed by atoms with van der Waals surface area (Å²) in [5, 5.41) is 2.06. The Morgan fingerprint density at radius 1 is 1.10 bits per heavy atom. The van der Waals surface area contributed by atoms with Gasteiger partial charge in [-0.3, -0.25) is 0 Å². The monoisotopic (exact) mass is 326 g/mol. The van der Waals surface area contributed by atoms with Crippen LogP contribution in [-0.4, -0.2) is 4.98 Å². The van der Waals surface area contributed by atoms with E-state index in [4.69, 9.17) is 18.6 Å². The molecule has 0 aliphatic heterocycles. The van der Waals surface area contributed by atoms with E-state index in [-0.39, 0.29) is 0 Å². The number of thiazole rings is 1. The molecule has 0 aliphatic carbocycles. The zero-order valence-electron chi connectivity index (χ0n) is 10.9. The van der Waals surface area contributed by atoms with Gasteiger partial charge in [-0.25, -0.2) is 18.6 Å². The van der Waals surface area contributed by atoms with Gasteiger partial charge in [-0.05, 0) is 4.98 Å². The van der Waals surface area contributed by atoms with E-state index >= 15 is 0 Å². The average molecular weight is 327 g/mol. The molecule has 0 amide bonds. The highest BCUT2D eigenvalue weighted by atomic mass is 35.7. The highest BCUT2D eigenvalue weighted by Gasteiger charge is 2.13. The molecule has 0 bridgehead atoms. The van der Waals surface area contributed by atoms with E-state index in [0.717, 1.165) is 10.7 Å². The molecule has 1 aromatic carbocycles. The molecule has 6 nitrogen and oxygen atoms in total. The Bertz CT molecular complexity index is 722. The van der Waals surface area contributed by atoms with Crippen LogP contribution in [0.15, 0.2) is 48.0 Å². The van der Waals surface area contributed by atoms with Gasteiger partial charge in [-0.2, -0.15) is 4.40 Å². The Hall–Kier alpha value is -1.61. The van der Waals surface area contributed by atoms with E-state index in [1.165, 1.54) is 11.3 Å². The predicted octanol–water partition coefficient (Wildman–Crippen LogP) is -1.90. The summed E-state index contributed by atoms with van der Waals surface area (Å²) in [5.41, 5.74) is 3.48. The van der Waals surface area contributed by atoms with E-state index in [1.807, 2.05) is 13.0 Å². The lowest BCUT2D eigenvalue weighted by molar-refractivity contribution is -2.00. The lowest BCUT2D eigenvalue weighted by Crippen LogP contribution is -2.68. The summed E-state index contributed by atoms with van der Waals surface area (Å²) >= 11 is 1.66. The maximum Gasteiger partial charge on any atom is 0.387 e. The van der Waals surface area contributed by atoms with Crippen molar-refractivity contribution in [1.29, 1.82) is 0 Å². The van der Waals surface area contributed by atoms with Gasteiger partial charge >= 0.3 is 4.96 Å². The van der Waals surface area contributed by atoms with Crippen LogP contribution in [0.3, 0.4) is 0 Å².